The van der Waals surface area contributed by atoms with Crippen molar-refractivity contribution < 1.29 is 13.9 Å². The Balaban J connectivity index is 2.10. The first-order valence-corrected chi connectivity index (χ1v) is 6.46. The molecule has 3 aromatic rings. The Hall–Kier alpha value is -2.75. The molecule has 0 atom stereocenters. The lowest BCUT2D eigenvalue weighted by Gasteiger charge is -2.09. The normalized spacial score (nSPS) is 10.6. The van der Waals surface area contributed by atoms with E-state index in [4.69, 9.17) is 4.74 Å². The average molecular weight is 281 g/mol. The number of benzene rings is 2. The van der Waals surface area contributed by atoms with Gasteiger partial charge in [0.15, 0.2) is 17.9 Å². The van der Waals surface area contributed by atoms with E-state index in [-0.39, 0.29) is 17.2 Å². The second-order valence-electron chi connectivity index (χ2n) is 4.73. The van der Waals surface area contributed by atoms with Gasteiger partial charge in [-0.3, -0.25) is 4.79 Å². The third kappa shape index (κ3) is 2.60. The van der Waals surface area contributed by atoms with Crippen LogP contribution in [-0.2, 0) is 0 Å². The Morgan fingerprint density at radius 3 is 2.76 bits per heavy atom. The molecule has 0 saturated carbocycles. The van der Waals surface area contributed by atoms with Crippen LogP contribution in [0.4, 0.5) is 4.39 Å². The van der Waals surface area contributed by atoms with E-state index in [1.54, 1.807) is 18.2 Å². The molecular formula is C17H12FNO2. The van der Waals surface area contributed by atoms with Crippen molar-refractivity contribution in [1.29, 1.82) is 0 Å². The summed E-state index contributed by atoms with van der Waals surface area (Å²) in [6.07, 6.45) is 0.655. The van der Waals surface area contributed by atoms with E-state index in [0.717, 1.165) is 10.9 Å². The standard InChI is InChI=1S/C17H12FNO2/c1-11-6-7-14(18)16(8-11)21-17-13(10-20)9-12-4-2-3-5-15(12)19-17/h2-10H,1H3. The Morgan fingerprint density at radius 2 is 1.95 bits per heavy atom. The van der Waals surface area contributed by atoms with Crippen LogP contribution in [0.1, 0.15) is 15.9 Å². The maximum Gasteiger partial charge on any atom is 0.230 e. The lowest BCUT2D eigenvalue weighted by Crippen LogP contribution is -1.97. The molecule has 0 amide bonds. The highest BCUT2D eigenvalue weighted by atomic mass is 19.1. The van der Waals surface area contributed by atoms with Crippen LogP contribution in [0.3, 0.4) is 0 Å². The molecule has 0 spiro atoms. The van der Waals surface area contributed by atoms with E-state index in [2.05, 4.69) is 4.98 Å². The van der Waals surface area contributed by atoms with Crippen LogP contribution >= 0.6 is 0 Å². The lowest BCUT2D eigenvalue weighted by atomic mass is 10.1. The van der Waals surface area contributed by atoms with Crippen LogP contribution in [0.2, 0.25) is 0 Å². The summed E-state index contributed by atoms with van der Waals surface area (Å²) in [6.45, 7) is 1.83. The van der Waals surface area contributed by atoms with E-state index >= 15 is 0 Å². The molecule has 2 aromatic carbocycles. The number of hydrogen-bond donors (Lipinski definition) is 0. The molecule has 4 heteroatoms. The van der Waals surface area contributed by atoms with Gasteiger partial charge in [-0.1, -0.05) is 24.3 Å². The van der Waals surface area contributed by atoms with Crippen LogP contribution in [0.5, 0.6) is 11.6 Å². The lowest BCUT2D eigenvalue weighted by molar-refractivity contribution is 0.112. The summed E-state index contributed by atoms with van der Waals surface area (Å²) < 4.78 is 19.3. The largest absolute Gasteiger partial charge is 0.435 e. The number of carbonyl (C=O) groups excluding carboxylic acids is 1. The quantitative estimate of drug-likeness (QED) is 0.672. The van der Waals surface area contributed by atoms with Crippen molar-refractivity contribution in [3.63, 3.8) is 0 Å². The number of aromatic nitrogens is 1. The van der Waals surface area contributed by atoms with Gasteiger partial charge in [0, 0.05) is 5.39 Å². The molecule has 1 aromatic heterocycles. The van der Waals surface area contributed by atoms with Gasteiger partial charge in [0.05, 0.1) is 11.1 Å². The summed E-state index contributed by atoms with van der Waals surface area (Å²) in [5.41, 5.74) is 1.83. The van der Waals surface area contributed by atoms with Crippen LogP contribution in [0, 0.1) is 12.7 Å². The van der Waals surface area contributed by atoms with Crippen molar-refractivity contribution in [1.82, 2.24) is 4.98 Å². The molecular weight excluding hydrogens is 269 g/mol. The van der Waals surface area contributed by atoms with E-state index in [9.17, 15) is 9.18 Å². The van der Waals surface area contributed by atoms with Gasteiger partial charge in [-0.05, 0) is 36.8 Å². The number of ether oxygens (including phenoxy) is 1. The molecule has 0 unspecified atom stereocenters. The maximum atomic E-state index is 13.8. The topological polar surface area (TPSA) is 39.2 Å². The highest BCUT2D eigenvalue weighted by Gasteiger charge is 2.11. The van der Waals surface area contributed by atoms with E-state index in [0.29, 0.717) is 11.8 Å². The number of nitrogens with zero attached hydrogens (tertiary/aromatic N) is 1. The Kier molecular flexibility index (Phi) is 3.36. The fourth-order valence-corrected chi connectivity index (χ4v) is 2.07. The summed E-state index contributed by atoms with van der Waals surface area (Å²) in [4.78, 5) is 15.5. The van der Waals surface area contributed by atoms with E-state index in [1.807, 2.05) is 31.2 Å². The third-order valence-corrected chi connectivity index (χ3v) is 3.14. The van der Waals surface area contributed by atoms with Crippen molar-refractivity contribution in [3.05, 3.63) is 65.5 Å². The summed E-state index contributed by atoms with van der Waals surface area (Å²) in [5, 5.41) is 0.830. The maximum absolute atomic E-state index is 13.8. The number of pyridine rings is 1. The van der Waals surface area contributed by atoms with Crippen molar-refractivity contribution in [3.8, 4) is 11.6 Å². The summed E-state index contributed by atoms with van der Waals surface area (Å²) in [6, 6.07) is 13.6. The predicted molar refractivity (Wildman–Crippen MR) is 78.3 cm³/mol. The second kappa shape index (κ2) is 5.32. The molecule has 0 fully saturated rings. The molecule has 0 aliphatic heterocycles. The van der Waals surface area contributed by atoms with E-state index in [1.165, 1.54) is 6.07 Å². The molecule has 21 heavy (non-hydrogen) atoms. The van der Waals surface area contributed by atoms with Crippen molar-refractivity contribution in [2.75, 3.05) is 0 Å². The zero-order valence-corrected chi connectivity index (χ0v) is 11.3. The van der Waals surface area contributed by atoms with Gasteiger partial charge in [-0.2, -0.15) is 0 Å². The first kappa shape index (κ1) is 13.2. The zero-order chi connectivity index (χ0) is 14.8. The molecule has 104 valence electrons. The fraction of sp³-hybridized carbons (Fsp3) is 0.0588. The van der Waals surface area contributed by atoms with Crippen LogP contribution in [0.25, 0.3) is 10.9 Å². The van der Waals surface area contributed by atoms with Gasteiger partial charge < -0.3 is 4.74 Å². The number of aldehydes is 1. The molecule has 3 nitrogen and oxygen atoms in total. The minimum absolute atomic E-state index is 0.0564. The third-order valence-electron chi connectivity index (χ3n) is 3.14. The van der Waals surface area contributed by atoms with Crippen molar-refractivity contribution in [2.45, 2.75) is 6.92 Å². The molecule has 0 aliphatic carbocycles. The van der Waals surface area contributed by atoms with Gasteiger partial charge in [0.1, 0.15) is 0 Å². The van der Waals surface area contributed by atoms with Crippen molar-refractivity contribution in [2.24, 2.45) is 0 Å². The molecule has 3 rings (SSSR count). The average Bonchev–Trinajstić information content (AvgIpc) is 2.50. The van der Waals surface area contributed by atoms with Crippen LogP contribution in [-0.4, -0.2) is 11.3 Å². The van der Waals surface area contributed by atoms with Gasteiger partial charge >= 0.3 is 0 Å². The van der Waals surface area contributed by atoms with Gasteiger partial charge in [-0.25, -0.2) is 9.37 Å². The Morgan fingerprint density at radius 1 is 1.14 bits per heavy atom. The Labute approximate surface area is 121 Å². The summed E-state index contributed by atoms with van der Waals surface area (Å²) >= 11 is 0. The van der Waals surface area contributed by atoms with Crippen LogP contribution in [0.15, 0.2) is 48.5 Å². The van der Waals surface area contributed by atoms with Crippen molar-refractivity contribution >= 4 is 17.2 Å². The molecule has 0 radical (unpaired) electrons. The second-order valence-corrected chi connectivity index (χ2v) is 4.73. The molecule has 0 bridgehead atoms. The minimum Gasteiger partial charge on any atom is -0.435 e. The number of carbonyl (C=O) groups is 1. The zero-order valence-electron chi connectivity index (χ0n) is 11.3. The first-order valence-electron chi connectivity index (χ1n) is 6.46. The highest BCUT2D eigenvalue weighted by Crippen LogP contribution is 2.28. The number of hydrogen-bond acceptors (Lipinski definition) is 3. The van der Waals surface area contributed by atoms with Gasteiger partial charge in [0.2, 0.25) is 5.88 Å². The predicted octanol–water partition coefficient (Wildman–Crippen LogP) is 4.29. The Bertz CT molecular complexity index is 830. The molecule has 0 N–H and O–H groups in total. The molecule has 1 heterocycles. The summed E-state index contributed by atoms with van der Waals surface area (Å²) in [7, 11) is 0. The molecule has 0 aliphatic rings. The smallest absolute Gasteiger partial charge is 0.230 e. The number of para-hydroxylation sites is 1. The molecule has 0 saturated heterocycles. The van der Waals surface area contributed by atoms with E-state index < -0.39 is 5.82 Å². The van der Waals surface area contributed by atoms with Crippen LogP contribution < -0.4 is 4.74 Å². The number of aryl methyl sites for hydroxylation is 1. The fourth-order valence-electron chi connectivity index (χ4n) is 2.07. The first-order chi connectivity index (χ1) is 10.2. The number of fused-ring (bicyclic) bond motifs is 1. The SMILES string of the molecule is Cc1ccc(F)c(Oc2nc3ccccc3cc2C=O)c1. The van der Waals surface area contributed by atoms with Gasteiger partial charge in [0.25, 0.3) is 0 Å². The minimum atomic E-state index is -0.493. The van der Waals surface area contributed by atoms with Gasteiger partial charge in [-0.15, -0.1) is 0 Å². The number of halogens is 1. The monoisotopic (exact) mass is 281 g/mol. The highest BCUT2D eigenvalue weighted by molar-refractivity contribution is 5.88. The number of rotatable bonds is 3. The summed E-state index contributed by atoms with van der Waals surface area (Å²) in [5.74, 6) is -0.332.